The third-order valence-corrected chi connectivity index (χ3v) is 11.8. The van der Waals surface area contributed by atoms with Crippen molar-refractivity contribution in [2.45, 2.75) is 115 Å². The van der Waals surface area contributed by atoms with E-state index in [-0.39, 0.29) is 47.9 Å². The summed E-state index contributed by atoms with van der Waals surface area (Å²) in [6, 6.07) is 2.82. The first-order valence-electron chi connectivity index (χ1n) is 17.9. The number of nitrogens with one attached hydrogen (secondary N) is 4. The van der Waals surface area contributed by atoms with Gasteiger partial charge in [-0.25, -0.2) is 4.98 Å². The Morgan fingerprint density at radius 2 is 1.78 bits per heavy atom. The van der Waals surface area contributed by atoms with Gasteiger partial charge in [-0.3, -0.25) is 19.2 Å². The van der Waals surface area contributed by atoms with Crippen molar-refractivity contribution >= 4 is 56.8 Å². The van der Waals surface area contributed by atoms with Gasteiger partial charge >= 0.3 is 0 Å². The predicted molar refractivity (Wildman–Crippen MR) is 195 cm³/mol. The number of allylic oxidation sites excluding steroid dienone is 3. The molecule has 5 rings (SSSR count). The van der Waals surface area contributed by atoms with Crippen LogP contribution < -0.4 is 27.0 Å². The Kier molecular flexibility index (Phi) is 12.9. The second kappa shape index (κ2) is 17.1. The molecule has 2 saturated carbocycles. The molecule has 0 bridgehead atoms. The summed E-state index contributed by atoms with van der Waals surface area (Å²) < 4.78 is 0.888. The summed E-state index contributed by atoms with van der Waals surface area (Å²) in [7, 11) is 0. The predicted octanol–water partition coefficient (Wildman–Crippen LogP) is 5.09. The summed E-state index contributed by atoms with van der Waals surface area (Å²) in [5.74, 6) is -1.04. The Balaban J connectivity index is 1.32. The standard InChI is InChI=1S/C37H51ClN6O4S/c1-3-31(45)40-28(22-32-41-26-18-17-25(38)21-29(26)49-32)35(47)44-33(23-11-4-5-12-23)36(48)42-27(15-7-9-20-39)34(46)43-30-16-10-14-24-13-6-8-19-37(24,30)2/h6,8,13,17-19,21,23-24,27-28,30,33H,3-5,7,9-12,14-16,20,22,39H2,1-2H3,(H,40,45)(H,42,48)(H,43,46)(H,44,47)/t24?,27-,28-,30+,33-,37?/m0/s1. The lowest BCUT2D eigenvalue weighted by Crippen LogP contribution is -2.60. The normalized spacial score (nSPS) is 23.8. The van der Waals surface area contributed by atoms with Gasteiger partial charge in [-0.05, 0) is 81.5 Å². The Labute approximate surface area is 298 Å². The molecule has 1 heterocycles. The van der Waals surface area contributed by atoms with Gasteiger partial charge in [-0.2, -0.15) is 0 Å². The lowest BCUT2D eigenvalue weighted by Gasteiger charge is -2.46. The first kappa shape index (κ1) is 37.0. The monoisotopic (exact) mass is 710 g/mol. The topological polar surface area (TPSA) is 155 Å². The number of aromatic nitrogens is 1. The minimum absolute atomic E-state index is 0.0549. The fourth-order valence-corrected chi connectivity index (χ4v) is 8.89. The van der Waals surface area contributed by atoms with Crippen LogP contribution in [0, 0.1) is 17.3 Å². The molecule has 2 fully saturated rings. The van der Waals surface area contributed by atoms with E-state index >= 15 is 0 Å². The zero-order valence-corrected chi connectivity index (χ0v) is 30.2. The van der Waals surface area contributed by atoms with Crippen molar-refractivity contribution < 1.29 is 19.2 Å². The van der Waals surface area contributed by atoms with E-state index in [1.165, 1.54) is 11.3 Å². The number of fused-ring (bicyclic) bond motifs is 2. The number of amides is 4. The van der Waals surface area contributed by atoms with Gasteiger partial charge in [-0.1, -0.05) is 69.0 Å². The molecule has 10 nitrogen and oxygen atoms in total. The molecule has 6 atom stereocenters. The van der Waals surface area contributed by atoms with Crippen LogP contribution in [0.25, 0.3) is 10.2 Å². The highest BCUT2D eigenvalue weighted by molar-refractivity contribution is 7.18. The summed E-state index contributed by atoms with van der Waals surface area (Å²) in [6.07, 6.45) is 17.3. The van der Waals surface area contributed by atoms with Gasteiger partial charge in [0.25, 0.3) is 0 Å². The fourth-order valence-electron chi connectivity index (χ4n) is 7.61. The largest absolute Gasteiger partial charge is 0.351 e. The number of benzene rings is 1. The van der Waals surface area contributed by atoms with Gasteiger partial charge in [0.15, 0.2) is 0 Å². The maximum Gasteiger partial charge on any atom is 0.243 e. The molecule has 0 radical (unpaired) electrons. The second-order valence-corrected chi connectivity index (χ2v) is 15.5. The molecule has 3 aliphatic rings. The van der Waals surface area contributed by atoms with Crippen LogP contribution in [0.2, 0.25) is 5.02 Å². The Bertz CT molecular complexity index is 1550. The van der Waals surface area contributed by atoms with E-state index in [1.54, 1.807) is 13.0 Å². The Morgan fingerprint density at radius 3 is 2.53 bits per heavy atom. The van der Waals surface area contributed by atoms with E-state index in [2.05, 4.69) is 57.5 Å². The van der Waals surface area contributed by atoms with Crippen molar-refractivity contribution in [3.05, 3.63) is 52.5 Å². The molecule has 6 N–H and O–H groups in total. The van der Waals surface area contributed by atoms with Crippen molar-refractivity contribution in [2.75, 3.05) is 6.54 Å². The van der Waals surface area contributed by atoms with Gasteiger partial charge in [0.1, 0.15) is 18.1 Å². The number of unbranched alkanes of at least 4 members (excludes halogenated alkanes) is 1. The molecular formula is C37H51ClN6O4S. The van der Waals surface area contributed by atoms with Crippen LogP contribution >= 0.6 is 22.9 Å². The van der Waals surface area contributed by atoms with Crippen molar-refractivity contribution in [2.24, 2.45) is 23.0 Å². The molecule has 0 spiro atoms. The molecule has 12 heteroatoms. The number of carbonyl (C=O) groups is 4. The average molecular weight is 711 g/mol. The van der Waals surface area contributed by atoms with Gasteiger partial charge < -0.3 is 27.0 Å². The van der Waals surface area contributed by atoms with E-state index in [4.69, 9.17) is 17.3 Å². The number of rotatable bonds is 15. The summed E-state index contributed by atoms with van der Waals surface area (Å²) in [5.41, 5.74) is 6.36. The number of hydrogen-bond donors (Lipinski definition) is 5. The molecule has 0 aliphatic heterocycles. The number of nitrogens with zero attached hydrogens (tertiary/aromatic N) is 1. The first-order chi connectivity index (χ1) is 23.6. The fraction of sp³-hybridized carbons (Fsp3) is 0.595. The number of thiazole rings is 1. The van der Waals surface area contributed by atoms with Gasteiger partial charge in [0, 0.05) is 29.3 Å². The van der Waals surface area contributed by atoms with Crippen molar-refractivity contribution in [3.63, 3.8) is 0 Å². The zero-order chi connectivity index (χ0) is 35.0. The molecule has 1 aromatic heterocycles. The van der Waals surface area contributed by atoms with E-state index < -0.39 is 24.0 Å². The molecule has 4 amide bonds. The van der Waals surface area contributed by atoms with Crippen LogP contribution in [-0.4, -0.2) is 59.3 Å². The van der Waals surface area contributed by atoms with E-state index in [0.717, 1.165) is 61.6 Å². The Hall–Kier alpha value is -3.28. The maximum absolute atomic E-state index is 14.1. The smallest absolute Gasteiger partial charge is 0.243 e. The van der Waals surface area contributed by atoms with Crippen LogP contribution in [0.5, 0.6) is 0 Å². The highest BCUT2D eigenvalue weighted by Gasteiger charge is 2.43. The summed E-state index contributed by atoms with van der Waals surface area (Å²) in [5, 5.41) is 13.5. The highest BCUT2D eigenvalue weighted by Crippen LogP contribution is 2.45. The minimum Gasteiger partial charge on any atom is -0.351 e. The number of hydrogen-bond acceptors (Lipinski definition) is 7. The average Bonchev–Trinajstić information content (AvgIpc) is 3.76. The van der Waals surface area contributed by atoms with Crippen LogP contribution in [0.15, 0.2) is 42.5 Å². The van der Waals surface area contributed by atoms with Gasteiger partial charge in [-0.15, -0.1) is 11.3 Å². The number of carbonyl (C=O) groups excluding carboxylic acids is 4. The van der Waals surface area contributed by atoms with E-state index in [1.807, 2.05) is 12.1 Å². The maximum atomic E-state index is 14.1. The third kappa shape index (κ3) is 9.29. The lowest BCUT2D eigenvalue weighted by molar-refractivity contribution is -0.135. The van der Waals surface area contributed by atoms with Crippen LogP contribution in [-0.2, 0) is 25.6 Å². The van der Waals surface area contributed by atoms with Crippen LogP contribution in [0.3, 0.4) is 0 Å². The first-order valence-corrected chi connectivity index (χ1v) is 19.1. The molecule has 2 unspecified atom stereocenters. The summed E-state index contributed by atoms with van der Waals surface area (Å²) in [4.78, 5) is 59.3. The lowest BCUT2D eigenvalue weighted by atomic mass is 9.63. The van der Waals surface area contributed by atoms with Crippen molar-refractivity contribution in [1.29, 1.82) is 0 Å². The van der Waals surface area contributed by atoms with Gasteiger partial charge in [0.05, 0.1) is 15.2 Å². The number of nitrogens with two attached hydrogens (primary N) is 1. The summed E-state index contributed by atoms with van der Waals surface area (Å²) in [6.45, 7) is 4.42. The zero-order valence-electron chi connectivity index (χ0n) is 28.6. The molecule has 1 aromatic carbocycles. The highest BCUT2D eigenvalue weighted by atomic mass is 35.5. The quantitative estimate of drug-likeness (QED) is 0.162. The molecule has 266 valence electrons. The third-order valence-electron chi connectivity index (χ3n) is 10.6. The van der Waals surface area contributed by atoms with E-state index in [0.29, 0.717) is 35.3 Å². The SMILES string of the molecule is CCC(=O)N[C@@H](Cc1nc2ccc(Cl)cc2s1)C(=O)N[C@H](C(=O)N[C@@H](CCCCN)C(=O)N[C@@H]1CCCC2C=CC=CC21C)C1CCCC1. The molecular weight excluding hydrogens is 660 g/mol. The number of halogens is 1. The molecule has 0 saturated heterocycles. The van der Waals surface area contributed by atoms with Crippen molar-refractivity contribution in [1.82, 2.24) is 26.3 Å². The van der Waals surface area contributed by atoms with Crippen molar-refractivity contribution in [3.8, 4) is 0 Å². The van der Waals surface area contributed by atoms with Crippen LogP contribution in [0.1, 0.15) is 89.5 Å². The summed E-state index contributed by atoms with van der Waals surface area (Å²) >= 11 is 7.59. The Morgan fingerprint density at radius 1 is 0.980 bits per heavy atom. The van der Waals surface area contributed by atoms with Crippen LogP contribution in [0.4, 0.5) is 0 Å². The minimum atomic E-state index is -0.929. The molecule has 3 aliphatic carbocycles. The molecule has 49 heavy (non-hydrogen) atoms. The molecule has 2 aromatic rings. The van der Waals surface area contributed by atoms with Gasteiger partial charge in [0.2, 0.25) is 23.6 Å². The second-order valence-electron chi connectivity index (χ2n) is 14.0. The van der Waals surface area contributed by atoms with E-state index in [9.17, 15) is 19.2 Å².